The van der Waals surface area contributed by atoms with Crippen molar-refractivity contribution in [2.24, 2.45) is 17.8 Å². The number of amides is 1. The van der Waals surface area contributed by atoms with E-state index >= 15 is 0 Å². The highest BCUT2D eigenvalue weighted by Gasteiger charge is 2.47. The molecule has 1 saturated carbocycles. The van der Waals surface area contributed by atoms with Gasteiger partial charge in [0.05, 0.1) is 17.8 Å². The molecule has 0 bridgehead atoms. The van der Waals surface area contributed by atoms with E-state index in [-0.39, 0.29) is 24.1 Å². The number of nitrogens with zero attached hydrogens (tertiary/aromatic N) is 4. The number of carboxylic acid groups (broad SMARTS) is 1. The van der Waals surface area contributed by atoms with Crippen molar-refractivity contribution in [1.82, 2.24) is 19.9 Å². The maximum Gasteiger partial charge on any atom is 0.308 e. The first-order valence-electron chi connectivity index (χ1n) is 8.54. The average molecular weight is 340 g/mol. The number of aliphatic carboxylic acids is 1. The third-order valence-electron chi connectivity index (χ3n) is 5.21. The summed E-state index contributed by atoms with van der Waals surface area (Å²) in [5.74, 6) is -1.01. The van der Waals surface area contributed by atoms with E-state index in [1.54, 1.807) is 15.8 Å². The highest BCUT2D eigenvalue weighted by atomic mass is 16.4. The Balaban J connectivity index is 1.51. The van der Waals surface area contributed by atoms with Gasteiger partial charge in [0.25, 0.3) is 5.91 Å². The van der Waals surface area contributed by atoms with Crippen LogP contribution in [0.2, 0.25) is 0 Å². The third-order valence-corrected chi connectivity index (χ3v) is 5.21. The SMILES string of the molecule is Cc1ccc(-n2cc(C(=O)N3C[C@H](C(=O)O)[C@@H](C4CC4)C3)nn2)cc1. The number of aryl methyl sites for hydroxylation is 1. The summed E-state index contributed by atoms with van der Waals surface area (Å²) in [4.78, 5) is 25.8. The van der Waals surface area contributed by atoms with E-state index < -0.39 is 11.9 Å². The van der Waals surface area contributed by atoms with Gasteiger partial charge in [-0.2, -0.15) is 0 Å². The third kappa shape index (κ3) is 3.01. The van der Waals surface area contributed by atoms with E-state index in [0.717, 1.165) is 24.1 Å². The van der Waals surface area contributed by atoms with Gasteiger partial charge in [0.2, 0.25) is 0 Å². The molecule has 0 spiro atoms. The second-order valence-electron chi connectivity index (χ2n) is 7.04. The van der Waals surface area contributed by atoms with Crippen LogP contribution >= 0.6 is 0 Å². The van der Waals surface area contributed by atoms with Crippen molar-refractivity contribution in [3.05, 3.63) is 41.7 Å². The van der Waals surface area contributed by atoms with Gasteiger partial charge in [-0.15, -0.1) is 5.10 Å². The van der Waals surface area contributed by atoms with Crippen molar-refractivity contribution in [3.63, 3.8) is 0 Å². The maximum absolute atomic E-state index is 12.7. The van der Waals surface area contributed by atoms with Gasteiger partial charge in [-0.05, 0) is 43.7 Å². The minimum atomic E-state index is -0.810. The summed E-state index contributed by atoms with van der Waals surface area (Å²) in [5.41, 5.74) is 2.22. The van der Waals surface area contributed by atoms with Gasteiger partial charge in [-0.1, -0.05) is 22.9 Å². The van der Waals surface area contributed by atoms with E-state index in [0.29, 0.717) is 12.5 Å². The first kappa shape index (κ1) is 15.8. The van der Waals surface area contributed by atoms with Gasteiger partial charge < -0.3 is 10.0 Å². The topological polar surface area (TPSA) is 88.3 Å². The summed E-state index contributed by atoms with van der Waals surface area (Å²) in [5, 5.41) is 17.5. The number of benzene rings is 1. The molecule has 1 aromatic heterocycles. The fourth-order valence-corrected chi connectivity index (χ4v) is 3.61. The van der Waals surface area contributed by atoms with Crippen LogP contribution in [-0.4, -0.2) is 50.0 Å². The highest BCUT2D eigenvalue weighted by Crippen LogP contribution is 2.44. The van der Waals surface area contributed by atoms with E-state index in [2.05, 4.69) is 10.3 Å². The van der Waals surface area contributed by atoms with Crippen molar-refractivity contribution in [2.75, 3.05) is 13.1 Å². The fourth-order valence-electron chi connectivity index (χ4n) is 3.61. The van der Waals surface area contributed by atoms with Crippen molar-refractivity contribution in [3.8, 4) is 5.69 Å². The quantitative estimate of drug-likeness (QED) is 0.916. The van der Waals surface area contributed by atoms with E-state index in [1.165, 1.54) is 0 Å². The summed E-state index contributed by atoms with van der Waals surface area (Å²) in [7, 11) is 0. The Bertz CT molecular complexity index is 810. The van der Waals surface area contributed by atoms with Crippen molar-refractivity contribution >= 4 is 11.9 Å². The number of aromatic nitrogens is 3. The molecule has 1 aliphatic heterocycles. The number of likely N-dealkylation sites (tertiary alicyclic amines) is 1. The molecule has 1 N–H and O–H groups in total. The van der Waals surface area contributed by atoms with Gasteiger partial charge in [0.1, 0.15) is 0 Å². The lowest BCUT2D eigenvalue weighted by atomic mass is 9.92. The highest BCUT2D eigenvalue weighted by molar-refractivity contribution is 5.92. The zero-order valence-corrected chi connectivity index (χ0v) is 14.0. The van der Waals surface area contributed by atoms with Gasteiger partial charge in [-0.3, -0.25) is 9.59 Å². The molecular formula is C18H20N4O3. The molecule has 25 heavy (non-hydrogen) atoms. The number of carboxylic acids is 1. The molecule has 2 heterocycles. The Labute approximate surface area is 145 Å². The van der Waals surface area contributed by atoms with Crippen LogP contribution < -0.4 is 0 Å². The van der Waals surface area contributed by atoms with Gasteiger partial charge in [-0.25, -0.2) is 4.68 Å². The fraction of sp³-hybridized carbons (Fsp3) is 0.444. The van der Waals surface area contributed by atoms with Crippen LogP contribution in [0.4, 0.5) is 0 Å². The molecule has 130 valence electrons. The normalized spacial score (nSPS) is 23.0. The minimum Gasteiger partial charge on any atom is -0.481 e. The second-order valence-corrected chi connectivity index (χ2v) is 7.04. The molecule has 7 heteroatoms. The number of carbonyl (C=O) groups is 2. The summed E-state index contributed by atoms with van der Waals surface area (Å²) in [6.45, 7) is 2.76. The number of rotatable bonds is 4. The smallest absolute Gasteiger partial charge is 0.308 e. The molecule has 1 saturated heterocycles. The molecule has 0 radical (unpaired) electrons. The lowest BCUT2D eigenvalue weighted by Crippen LogP contribution is -2.30. The Kier molecular flexibility index (Phi) is 3.78. The molecular weight excluding hydrogens is 320 g/mol. The summed E-state index contributed by atoms with van der Waals surface area (Å²) >= 11 is 0. The number of carbonyl (C=O) groups excluding carboxylic acids is 1. The standard InChI is InChI=1S/C18H20N4O3/c1-11-2-6-13(7-3-11)22-10-16(19-20-22)17(23)21-8-14(12-4-5-12)15(9-21)18(24)25/h2-3,6-7,10,12,14-15H,4-5,8-9H2,1H3,(H,24,25)/t14-,15+/m1/s1. The van der Waals surface area contributed by atoms with Gasteiger partial charge >= 0.3 is 5.97 Å². The Morgan fingerprint density at radius 3 is 2.52 bits per heavy atom. The molecule has 4 rings (SSSR count). The Morgan fingerprint density at radius 2 is 1.88 bits per heavy atom. The molecule has 1 amide bonds. The molecule has 2 aromatic rings. The second kappa shape index (κ2) is 5.98. The lowest BCUT2D eigenvalue weighted by molar-refractivity contribution is -0.142. The van der Waals surface area contributed by atoms with Crippen molar-refractivity contribution in [2.45, 2.75) is 19.8 Å². The van der Waals surface area contributed by atoms with E-state index in [9.17, 15) is 14.7 Å². The van der Waals surface area contributed by atoms with E-state index in [1.807, 2.05) is 31.2 Å². The van der Waals surface area contributed by atoms with Crippen molar-refractivity contribution in [1.29, 1.82) is 0 Å². The summed E-state index contributed by atoms with van der Waals surface area (Å²) < 4.78 is 1.57. The van der Waals surface area contributed by atoms with Crippen LogP contribution in [-0.2, 0) is 4.79 Å². The zero-order valence-electron chi connectivity index (χ0n) is 14.0. The zero-order chi connectivity index (χ0) is 17.6. The largest absolute Gasteiger partial charge is 0.481 e. The predicted molar refractivity (Wildman–Crippen MR) is 89.3 cm³/mol. The lowest BCUT2D eigenvalue weighted by Gasteiger charge is -2.14. The molecule has 2 aliphatic rings. The van der Waals surface area contributed by atoms with Gasteiger partial charge in [0.15, 0.2) is 5.69 Å². The van der Waals surface area contributed by atoms with Crippen LogP contribution in [0.25, 0.3) is 5.69 Å². The molecule has 1 aromatic carbocycles. The first-order chi connectivity index (χ1) is 12.0. The molecule has 2 atom stereocenters. The summed E-state index contributed by atoms with van der Waals surface area (Å²) in [6.07, 6.45) is 3.74. The Hall–Kier alpha value is -2.70. The first-order valence-corrected chi connectivity index (χ1v) is 8.54. The predicted octanol–water partition coefficient (Wildman–Crippen LogP) is 1.76. The van der Waals surface area contributed by atoms with Crippen LogP contribution in [0.5, 0.6) is 0 Å². The summed E-state index contributed by atoms with van der Waals surface area (Å²) in [6, 6.07) is 7.77. The molecule has 7 nitrogen and oxygen atoms in total. The van der Waals surface area contributed by atoms with Crippen LogP contribution in [0.15, 0.2) is 30.5 Å². The van der Waals surface area contributed by atoms with Crippen LogP contribution in [0.3, 0.4) is 0 Å². The van der Waals surface area contributed by atoms with Crippen LogP contribution in [0.1, 0.15) is 28.9 Å². The minimum absolute atomic E-state index is 0.0635. The number of hydrogen-bond acceptors (Lipinski definition) is 4. The van der Waals surface area contributed by atoms with Crippen LogP contribution in [0, 0.1) is 24.7 Å². The van der Waals surface area contributed by atoms with E-state index in [4.69, 9.17) is 0 Å². The monoisotopic (exact) mass is 340 g/mol. The number of hydrogen-bond donors (Lipinski definition) is 1. The Morgan fingerprint density at radius 1 is 1.16 bits per heavy atom. The molecule has 2 fully saturated rings. The maximum atomic E-state index is 12.7. The molecule has 1 aliphatic carbocycles. The average Bonchev–Trinajstić information content (AvgIpc) is 3.16. The van der Waals surface area contributed by atoms with Gasteiger partial charge in [0, 0.05) is 13.1 Å². The molecule has 0 unspecified atom stereocenters. The van der Waals surface area contributed by atoms with Crippen molar-refractivity contribution < 1.29 is 14.7 Å².